The molecule has 0 saturated heterocycles. The molecule has 2 aromatic heterocycles. The maximum absolute atomic E-state index is 12.6. The van der Waals surface area contributed by atoms with Crippen molar-refractivity contribution in [3.63, 3.8) is 0 Å². The van der Waals surface area contributed by atoms with Crippen molar-refractivity contribution in [2.45, 2.75) is 43.5 Å². The van der Waals surface area contributed by atoms with Gasteiger partial charge in [0.05, 0.1) is 6.04 Å². The molecule has 0 radical (unpaired) electrons. The van der Waals surface area contributed by atoms with E-state index < -0.39 is 10.0 Å². The molecule has 142 valence electrons. The van der Waals surface area contributed by atoms with E-state index in [0.717, 1.165) is 0 Å². The Bertz CT molecular complexity index is 1100. The lowest BCUT2D eigenvalue weighted by atomic mass is 9.92. The van der Waals surface area contributed by atoms with E-state index in [0.29, 0.717) is 42.3 Å². The summed E-state index contributed by atoms with van der Waals surface area (Å²) in [5.74, 6) is -0.219. The average Bonchev–Trinajstić information content (AvgIpc) is 3.05. The lowest BCUT2D eigenvalue weighted by molar-refractivity contribution is 0.285. The Labute approximate surface area is 156 Å². The molecule has 0 aliphatic heterocycles. The van der Waals surface area contributed by atoms with Crippen molar-refractivity contribution in [1.82, 2.24) is 19.7 Å². The van der Waals surface area contributed by atoms with Crippen molar-refractivity contribution < 1.29 is 12.9 Å². The summed E-state index contributed by atoms with van der Waals surface area (Å²) in [4.78, 5) is 11.9. The van der Waals surface area contributed by atoms with Gasteiger partial charge in [-0.2, -0.15) is 5.10 Å². The molecule has 1 saturated carbocycles. The third-order valence-corrected chi connectivity index (χ3v) is 6.26. The van der Waals surface area contributed by atoms with Gasteiger partial charge in [-0.1, -0.05) is 17.3 Å². The van der Waals surface area contributed by atoms with Gasteiger partial charge in [-0.15, -0.1) is 0 Å². The van der Waals surface area contributed by atoms with E-state index >= 15 is 0 Å². The van der Waals surface area contributed by atoms with Gasteiger partial charge in [0, 0.05) is 23.7 Å². The fourth-order valence-electron chi connectivity index (χ4n) is 3.60. The molecule has 1 fully saturated rings. The molecule has 1 aliphatic carbocycles. The minimum Gasteiger partial charge on any atom is -0.356 e. The lowest BCUT2D eigenvalue weighted by Crippen LogP contribution is -2.40. The molecule has 1 aromatic carbocycles. The summed E-state index contributed by atoms with van der Waals surface area (Å²) in [6.07, 6.45) is 4.32. The highest BCUT2D eigenvalue weighted by Crippen LogP contribution is 2.27. The van der Waals surface area contributed by atoms with Crippen molar-refractivity contribution in [3.05, 3.63) is 58.6 Å². The fraction of sp³-hybridized carbons (Fsp3) is 0.389. The third-order valence-electron chi connectivity index (χ3n) is 4.91. The number of hydrogen-bond acceptors (Lipinski definition) is 6. The molecule has 3 aromatic rings. The second-order valence-electron chi connectivity index (χ2n) is 6.81. The van der Waals surface area contributed by atoms with Crippen molar-refractivity contribution in [1.29, 1.82) is 0 Å². The standard InChI is InChI=1S/C18H20N4O4S/c23-18-6-3-11-19-22(18)14-9-7-13(8-10-14)21-27(24,25)12-16-15-4-1-2-5-17(15)26-20-16/h1-6,11,13-14,21H,7-10,12H2. The minimum absolute atomic E-state index is 0.0129. The van der Waals surface area contributed by atoms with Crippen molar-refractivity contribution in [3.8, 4) is 0 Å². The van der Waals surface area contributed by atoms with Crippen LogP contribution in [-0.4, -0.2) is 29.4 Å². The van der Waals surface area contributed by atoms with Crippen LogP contribution in [0, 0.1) is 0 Å². The van der Waals surface area contributed by atoms with Crippen LogP contribution in [-0.2, 0) is 15.8 Å². The number of para-hydroxylation sites is 1. The third kappa shape index (κ3) is 3.93. The molecule has 1 N–H and O–H groups in total. The largest absolute Gasteiger partial charge is 0.356 e. The van der Waals surface area contributed by atoms with Gasteiger partial charge in [0.2, 0.25) is 10.0 Å². The summed E-state index contributed by atoms with van der Waals surface area (Å²) in [5.41, 5.74) is 0.857. The number of sulfonamides is 1. The number of hydrogen-bond donors (Lipinski definition) is 1. The monoisotopic (exact) mass is 388 g/mol. The number of aromatic nitrogens is 3. The highest BCUT2D eigenvalue weighted by Gasteiger charge is 2.27. The molecular formula is C18H20N4O4S. The molecule has 0 unspecified atom stereocenters. The van der Waals surface area contributed by atoms with Gasteiger partial charge < -0.3 is 4.52 Å². The van der Waals surface area contributed by atoms with E-state index in [1.165, 1.54) is 10.7 Å². The zero-order chi connectivity index (χ0) is 18.9. The maximum atomic E-state index is 12.6. The smallest absolute Gasteiger partial charge is 0.266 e. The normalized spacial score (nSPS) is 20.7. The van der Waals surface area contributed by atoms with Crippen LogP contribution in [0.3, 0.4) is 0 Å². The van der Waals surface area contributed by atoms with Crippen molar-refractivity contribution in [2.75, 3.05) is 0 Å². The molecule has 0 atom stereocenters. The molecule has 0 spiro atoms. The van der Waals surface area contributed by atoms with Crippen LogP contribution in [0.4, 0.5) is 0 Å². The highest BCUT2D eigenvalue weighted by atomic mass is 32.2. The molecule has 1 aliphatic rings. The van der Waals surface area contributed by atoms with Crippen LogP contribution < -0.4 is 10.3 Å². The van der Waals surface area contributed by atoms with Gasteiger partial charge in [-0.25, -0.2) is 17.8 Å². The quantitative estimate of drug-likeness (QED) is 0.716. The first-order chi connectivity index (χ1) is 13.0. The Morgan fingerprint density at radius 1 is 1.11 bits per heavy atom. The second kappa shape index (κ2) is 7.24. The molecule has 4 rings (SSSR count). The highest BCUT2D eigenvalue weighted by molar-refractivity contribution is 7.88. The molecule has 0 amide bonds. The van der Waals surface area contributed by atoms with Crippen LogP contribution in [0.25, 0.3) is 11.0 Å². The Morgan fingerprint density at radius 3 is 2.67 bits per heavy atom. The summed E-state index contributed by atoms with van der Waals surface area (Å²) < 4.78 is 34.5. The van der Waals surface area contributed by atoms with Crippen molar-refractivity contribution >= 4 is 21.0 Å². The lowest BCUT2D eigenvalue weighted by Gasteiger charge is -2.29. The zero-order valence-corrected chi connectivity index (χ0v) is 15.4. The van der Waals surface area contributed by atoms with Gasteiger partial charge in [0.1, 0.15) is 11.4 Å². The average molecular weight is 388 g/mol. The second-order valence-corrected chi connectivity index (χ2v) is 8.57. The van der Waals surface area contributed by atoms with Gasteiger partial charge in [-0.05, 0) is 43.9 Å². The Morgan fingerprint density at radius 2 is 1.89 bits per heavy atom. The molecule has 8 nitrogen and oxygen atoms in total. The van der Waals surface area contributed by atoms with Gasteiger partial charge in [0.25, 0.3) is 5.56 Å². The van der Waals surface area contributed by atoms with Crippen LogP contribution >= 0.6 is 0 Å². The number of benzene rings is 1. The first-order valence-electron chi connectivity index (χ1n) is 8.89. The Balaban J connectivity index is 1.39. The molecule has 9 heteroatoms. The zero-order valence-electron chi connectivity index (χ0n) is 14.6. The Kier molecular flexibility index (Phi) is 4.79. The molecule has 0 bridgehead atoms. The first kappa shape index (κ1) is 17.9. The van der Waals surface area contributed by atoms with E-state index in [9.17, 15) is 13.2 Å². The van der Waals surface area contributed by atoms with Gasteiger partial charge in [0.15, 0.2) is 5.58 Å². The molecule has 2 heterocycles. The van der Waals surface area contributed by atoms with E-state index in [2.05, 4.69) is 15.0 Å². The first-order valence-corrected chi connectivity index (χ1v) is 10.5. The predicted octanol–water partition coefficient (Wildman–Crippen LogP) is 1.99. The number of rotatable bonds is 5. The van der Waals surface area contributed by atoms with E-state index in [1.807, 2.05) is 12.1 Å². The van der Waals surface area contributed by atoms with Crippen LogP contribution in [0.15, 0.2) is 51.9 Å². The molecular weight excluding hydrogens is 368 g/mol. The summed E-state index contributed by atoms with van der Waals surface area (Å²) in [7, 11) is -3.54. The number of nitrogens with one attached hydrogen (secondary N) is 1. The fourth-order valence-corrected chi connectivity index (χ4v) is 4.99. The SMILES string of the molecule is O=c1cccnn1C1CCC(NS(=O)(=O)Cc2noc3ccccc23)CC1. The predicted molar refractivity (Wildman–Crippen MR) is 99.6 cm³/mol. The summed E-state index contributed by atoms with van der Waals surface area (Å²) in [6.45, 7) is 0. The number of fused-ring (bicyclic) bond motifs is 1. The van der Waals surface area contributed by atoms with Crippen LogP contribution in [0.5, 0.6) is 0 Å². The summed E-state index contributed by atoms with van der Waals surface area (Å²) in [5, 5.41) is 8.73. The van der Waals surface area contributed by atoms with E-state index in [-0.39, 0.29) is 23.4 Å². The summed E-state index contributed by atoms with van der Waals surface area (Å²) in [6, 6.07) is 10.2. The van der Waals surface area contributed by atoms with E-state index in [1.54, 1.807) is 24.4 Å². The van der Waals surface area contributed by atoms with E-state index in [4.69, 9.17) is 4.52 Å². The summed E-state index contributed by atoms with van der Waals surface area (Å²) >= 11 is 0. The van der Waals surface area contributed by atoms with Gasteiger partial charge >= 0.3 is 0 Å². The topological polar surface area (TPSA) is 107 Å². The maximum Gasteiger partial charge on any atom is 0.266 e. The Hall–Kier alpha value is -2.52. The van der Waals surface area contributed by atoms with Gasteiger partial charge in [-0.3, -0.25) is 4.79 Å². The minimum atomic E-state index is -3.54. The van der Waals surface area contributed by atoms with Crippen LogP contribution in [0.1, 0.15) is 37.4 Å². The number of nitrogens with zero attached hydrogens (tertiary/aromatic N) is 3. The van der Waals surface area contributed by atoms with Crippen molar-refractivity contribution in [2.24, 2.45) is 0 Å². The molecule has 27 heavy (non-hydrogen) atoms. The van der Waals surface area contributed by atoms with Crippen LogP contribution in [0.2, 0.25) is 0 Å².